The van der Waals surface area contributed by atoms with Gasteiger partial charge in [0, 0.05) is 25.1 Å². The molecule has 110 valence electrons. The van der Waals surface area contributed by atoms with Crippen molar-refractivity contribution in [3.63, 3.8) is 0 Å². The van der Waals surface area contributed by atoms with Crippen molar-refractivity contribution >= 4 is 11.7 Å². The first kappa shape index (κ1) is 15.9. The van der Waals surface area contributed by atoms with Crippen LogP contribution in [-0.4, -0.2) is 35.4 Å². The highest BCUT2D eigenvalue weighted by atomic mass is 19.1. The van der Waals surface area contributed by atoms with Gasteiger partial charge in [-0.2, -0.15) is 0 Å². The number of rotatable bonds is 5. The van der Waals surface area contributed by atoms with Crippen LogP contribution in [0, 0.1) is 17.6 Å². The number of likely N-dealkylation sites (N-methyl/N-ethyl adjacent to an activating group) is 1. The molecule has 1 aromatic rings. The second kappa shape index (κ2) is 6.83. The van der Waals surface area contributed by atoms with Gasteiger partial charge >= 0.3 is 0 Å². The van der Waals surface area contributed by atoms with E-state index in [1.807, 2.05) is 0 Å². The molecule has 1 amide bonds. The van der Waals surface area contributed by atoms with E-state index >= 15 is 0 Å². The molecule has 0 aliphatic heterocycles. The van der Waals surface area contributed by atoms with Crippen LogP contribution in [0.15, 0.2) is 23.4 Å². The van der Waals surface area contributed by atoms with Gasteiger partial charge < -0.3 is 15.8 Å². The first-order valence-electron chi connectivity index (χ1n) is 6.01. The Morgan fingerprint density at radius 3 is 2.50 bits per heavy atom. The molecule has 0 aliphatic rings. The Morgan fingerprint density at radius 1 is 1.45 bits per heavy atom. The molecule has 0 heterocycles. The topological polar surface area (TPSA) is 78.9 Å². The highest BCUT2D eigenvalue weighted by Crippen LogP contribution is 2.14. The van der Waals surface area contributed by atoms with Crippen LogP contribution < -0.4 is 5.73 Å². The minimum absolute atomic E-state index is 0.0123. The van der Waals surface area contributed by atoms with Gasteiger partial charge in [-0.25, -0.2) is 8.78 Å². The molecule has 0 aromatic heterocycles. The molecule has 1 aromatic carbocycles. The molecule has 1 rings (SSSR count). The minimum atomic E-state index is -0.753. The molecule has 5 nitrogen and oxygen atoms in total. The molecule has 0 radical (unpaired) electrons. The number of hydrogen-bond donors (Lipinski definition) is 2. The van der Waals surface area contributed by atoms with Crippen molar-refractivity contribution in [1.29, 1.82) is 0 Å². The number of carbonyl (C=O) groups is 1. The maximum atomic E-state index is 13.4. The third-order valence-corrected chi connectivity index (χ3v) is 2.98. The highest BCUT2D eigenvalue weighted by Gasteiger charge is 2.18. The van der Waals surface area contributed by atoms with Crippen molar-refractivity contribution in [2.24, 2.45) is 16.8 Å². The number of amidine groups is 1. The van der Waals surface area contributed by atoms with Gasteiger partial charge in [0.05, 0.1) is 6.42 Å². The largest absolute Gasteiger partial charge is 0.409 e. The summed E-state index contributed by atoms with van der Waals surface area (Å²) in [6.45, 7) is 1.85. The number of oxime groups is 1. The van der Waals surface area contributed by atoms with E-state index in [1.54, 1.807) is 6.92 Å². The molecule has 0 spiro atoms. The maximum absolute atomic E-state index is 13.4. The van der Waals surface area contributed by atoms with Crippen LogP contribution in [0.2, 0.25) is 0 Å². The number of amides is 1. The fourth-order valence-electron chi connectivity index (χ4n) is 1.69. The minimum Gasteiger partial charge on any atom is -0.409 e. The first-order chi connectivity index (χ1) is 9.36. The molecule has 0 bridgehead atoms. The third kappa shape index (κ3) is 3.91. The van der Waals surface area contributed by atoms with Gasteiger partial charge in [-0.1, -0.05) is 18.1 Å². The van der Waals surface area contributed by atoms with Crippen molar-refractivity contribution in [1.82, 2.24) is 4.90 Å². The summed E-state index contributed by atoms with van der Waals surface area (Å²) in [5, 5.41) is 11.4. The molecule has 3 N–H and O–H groups in total. The summed E-state index contributed by atoms with van der Waals surface area (Å²) in [5.41, 5.74) is 5.14. The Kier molecular flexibility index (Phi) is 5.42. The number of benzene rings is 1. The van der Waals surface area contributed by atoms with Crippen molar-refractivity contribution in [2.45, 2.75) is 13.3 Å². The van der Waals surface area contributed by atoms with Crippen LogP contribution >= 0.6 is 0 Å². The van der Waals surface area contributed by atoms with Crippen LogP contribution in [0.1, 0.15) is 12.5 Å². The average Bonchev–Trinajstić information content (AvgIpc) is 2.41. The van der Waals surface area contributed by atoms with Crippen molar-refractivity contribution in [2.75, 3.05) is 13.6 Å². The van der Waals surface area contributed by atoms with E-state index in [0.717, 1.165) is 12.1 Å². The van der Waals surface area contributed by atoms with Gasteiger partial charge in [0.15, 0.2) is 0 Å². The third-order valence-electron chi connectivity index (χ3n) is 2.98. The fourth-order valence-corrected chi connectivity index (χ4v) is 1.69. The second-order valence-electron chi connectivity index (χ2n) is 4.58. The zero-order valence-corrected chi connectivity index (χ0v) is 11.3. The molecule has 0 aliphatic carbocycles. The summed E-state index contributed by atoms with van der Waals surface area (Å²) in [6.07, 6.45) is -0.377. The average molecular weight is 285 g/mol. The van der Waals surface area contributed by atoms with Crippen LogP contribution in [0.5, 0.6) is 0 Å². The van der Waals surface area contributed by atoms with E-state index in [2.05, 4.69) is 5.16 Å². The fraction of sp³-hybridized carbons (Fsp3) is 0.385. The maximum Gasteiger partial charge on any atom is 0.226 e. The van der Waals surface area contributed by atoms with E-state index in [9.17, 15) is 13.6 Å². The molecular weight excluding hydrogens is 268 g/mol. The van der Waals surface area contributed by atoms with Gasteiger partial charge in [0.2, 0.25) is 5.91 Å². The van der Waals surface area contributed by atoms with Gasteiger partial charge in [0.1, 0.15) is 17.5 Å². The number of halogens is 2. The van der Waals surface area contributed by atoms with Gasteiger partial charge in [-0.05, 0) is 12.1 Å². The SMILES string of the molecule is CC(CN(C)C(=O)Cc1c(F)cccc1F)/C(N)=N/O. The molecule has 0 saturated carbocycles. The Balaban J connectivity index is 2.72. The molecule has 0 saturated heterocycles. The molecule has 7 heteroatoms. The Morgan fingerprint density at radius 2 is 2.00 bits per heavy atom. The summed E-state index contributed by atoms with van der Waals surface area (Å²) in [4.78, 5) is 13.2. The lowest BCUT2D eigenvalue weighted by atomic mass is 10.1. The van der Waals surface area contributed by atoms with E-state index < -0.39 is 17.5 Å². The lowest BCUT2D eigenvalue weighted by Crippen LogP contribution is -2.37. The van der Waals surface area contributed by atoms with Crippen LogP contribution in [-0.2, 0) is 11.2 Å². The standard InChI is InChI=1S/C13H17F2N3O2/c1-8(13(16)17-20)7-18(2)12(19)6-9-10(14)4-3-5-11(9)15/h3-5,8,20H,6-7H2,1-2H3,(H2,16,17). The lowest BCUT2D eigenvalue weighted by molar-refractivity contribution is -0.129. The summed E-state index contributed by atoms with van der Waals surface area (Å²) < 4.78 is 26.9. The Labute approximate surface area is 115 Å². The lowest BCUT2D eigenvalue weighted by Gasteiger charge is -2.21. The zero-order chi connectivity index (χ0) is 15.3. The Hall–Kier alpha value is -2.18. The molecular formula is C13H17F2N3O2. The molecule has 20 heavy (non-hydrogen) atoms. The number of nitrogens with zero attached hydrogens (tertiary/aromatic N) is 2. The van der Waals surface area contributed by atoms with E-state index in [0.29, 0.717) is 0 Å². The summed E-state index contributed by atoms with van der Waals surface area (Å²) in [7, 11) is 1.49. The summed E-state index contributed by atoms with van der Waals surface area (Å²) >= 11 is 0. The predicted molar refractivity (Wildman–Crippen MR) is 70.3 cm³/mol. The number of nitrogens with two attached hydrogens (primary N) is 1. The van der Waals surface area contributed by atoms with Gasteiger partial charge in [-0.3, -0.25) is 4.79 Å². The molecule has 0 fully saturated rings. The summed E-state index contributed by atoms with van der Waals surface area (Å²) in [5.74, 6) is -2.33. The second-order valence-corrected chi connectivity index (χ2v) is 4.58. The van der Waals surface area contributed by atoms with Crippen LogP contribution in [0.25, 0.3) is 0 Å². The van der Waals surface area contributed by atoms with E-state index in [-0.39, 0.29) is 30.3 Å². The smallest absolute Gasteiger partial charge is 0.226 e. The van der Waals surface area contributed by atoms with Crippen LogP contribution in [0.4, 0.5) is 8.78 Å². The first-order valence-corrected chi connectivity index (χ1v) is 6.01. The predicted octanol–water partition coefficient (Wildman–Crippen LogP) is 1.35. The Bertz CT molecular complexity index is 500. The quantitative estimate of drug-likeness (QED) is 0.371. The van der Waals surface area contributed by atoms with Crippen molar-refractivity contribution in [3.8, 4) is 0 Å². The molecule has 1 unspecified atom stereocenters. The molecule has 1 atom stereocenters. The monoisotopic (exact) mass is 285 g/mol. The number of hydrogen-bond acceptors (Lipinski definition) is 3. The van der Waals surface area contributed by atoms with Gasteiger partial charge in [0.25, 0.3) is 0 Å². The zero-order valence-electron chi connectivity index (χ0n) is 11.3. The van der Waals surface area contributed by atoms with Crippen LogP contribution in [0.3, 0.4) is 0 Å². The number of carbonyl (C=O) groups excluding carboxylic acids is 1. The highest BCUT2D eigenvalue weighted by molar-refractivity contribution is 5.83. The normalized spacial score (nSPS) is 13.1. The summed E-state index contributed by atoms with van der Waals surface area (Å²) in [6, 6.07) is 3.44. The van der Waals surface area contributed by atoms with E-state index in [4.69, 9.17) is 10.9 Å². The van der Waals surface area contributed by atoms with Gasteiger partial charge in [-0.15, -0.1) is 0 Å². The van der Waals surface area contributed by atoms with Crippen molar-refractivity contribution in [3.05, 3.63) is 35.4 Å². The van der Waals surface area contributed by atoms with Crippen molar-refractivity contribution < 1.29 is 18.8 Å². The van der Waals surface area contributed by atoms with E-state index in [1.165, 1.54) is 18.0 Å².